The topological polar surface area (TPSA) is 76.1 Å². The van der Waals surface area contributed by atoms with E-state index in [2.05, 4.69) is 6.92 Å². The van der Waals surface area contributed by atoms with Crippen LogP contribution in [-0.2, 0) is 9.59 Å². The van der Waals surface area contributed by atoms with Crippen LogP contribution in [0.15, 0.2) is 54.1 Å². The van der Waals surface area contributed by atoms with Gasteiger partial charge in [0.1, 0.15) is 17.3 Å². The molecule has 0 unspecified atom stereocenters. The SMILES string of the molecule is CCCCCCCCCCCCN1C(=O)C(=O)C(=C(O)c2ccc(OC)cc2)[C@@H]1c1cccc(OC)c1. The van der Waals surface area contributed by atoms with Gasteiger partial charge in [-0.25, -0.2) is 0 Å². The van der Waals surface area contributed by atoms with Gasteiger partial charge in [-0.2, -0.15) is 0 Å². The van der Waals surface area contributed by atoms with E-state index in [0.29, 0.717) is 23.6 Å². The Balaban J connectivity index is 1.76. The fourth-order valence-corrected chi connectivity index (χ4v) is 4.94. The number of ether oxygens (including phenoxy) is 2. The number of carbonyl (C=O) groups excluding carboxylic acids is 2. The van der Waals surface area contributed by atoms with Crippen LogP contribution in [0, 0.1) is 0 Å². The lowest BCUT2D eigenvalue weighted by molar-refractivity contribution is -0.139. The molecule has 1 saturated heterocycles. The second-order valence-electron chi connectivity index (χ2n) is 9.68. The maximum absolute atomic E-state index is 13.2. The van der Waals surface area contributed by atoms with Gasteiger partial charge < -0.3 is 19.5 Å². The molecular formula is C31H41NO5. The summed E-state index contributed by atoms with van der Waals surface area (Å²) in [4.78, 5) is 28.0. The van der Waals surface area contributed by atoms with E-state index in [4.69, 9.17) is 9.47 Å². The fraction of sp³-hybridized carbons (Fsp3) is 0.484. The normalized spacial score (nSPS) is 16.8. The molecule has 2 aromatic rings. The Kier molecular flexibility index (Phi) is 11.1. The van der Waals surface area contributed by atoms with E-state index in [1.165, 1.54) is 44.9 Å². The molecule has 1 aliphatic rings. The average Bonchev–Trinajstić information content (AvgIpc) is 3.18. The van der Waals surface area contributed by atoms with E-state index in [0.717, 1.165) is 24.8 Å². The van der Waals surface area contributed by atoms with Crippen LogP contribution in [0.25, 0.3) is 5.76 Å². The quantitative estimate of drug-likeness (QED) is 0.121. The minimum atomic E-state index is -0.671. The van der Waals surface area contributed by atoms with Crippen molar-refractivity contribution in [3.8, 4) is 11.5 Å². The number of aliphatic hydroxyl groups is 1. The molecule has 1 atom stereocenters. The molecule has 1 amide bonds. The number of hydrogen-bond acceptors (Lipinski definition) is 5. The van der Waals surface area contributed by atoms with Crippen LogP contribution in [0.2, 0.25) is 0 Å². The van der Waals surface area contributed by atoms with Crippen molar-refractivity contribution in [1.29, 1.82) is 0 Å². The lowest BCUT2D eigenvalue weighted by atomic mass is 9.95. The van der Waals surface area contributed by atoms with Crippen molar-refractivity contribution in [2.45, 2.75) is 77.2 Å². The van der Waals surface area contributed by atoms with Crippen molar-refractivity contribution < 1.29 is 24.2 Å². The predicted molar refractivity (Wildman–Crippen MR) is 147 cm³/mol. The maximum atomic E-state index is 13.2. The Labute approximate surface area is 221 Å². The van der Waals surface area contributed by atoms with E-state index < -0.39 is 17.7 Å². The van der Waals surface area contributed by atoms with Crippen LogP contribution < -0.4 is 9.47 Å². The number of Topliss-reactive ketones (excluding diaryl/α,β-unsaturated/α-hetero) is 1. The summed E-state index contributed by atoms with van der Waals surface area (Å²) in [6.07, 6.45) is 11.9. The first-order valence-electron chi connectivity index (χ1n) is 13.6. The van der Waals surface area contributed by atoms with E-state index in [-0.39, 0.29) is 11.3 Å². The molecule has 200 valence electrons. The third-order valence-electron chi connectivity index (χ3n) is 7.07. The van der Waals surface area contributed by atoms with Gasteiger partial charge in [-0.1, -0.05) is 76.8 Å². The van der Waals surface area contributed by atoms with Gasteiger partial charge in [-0.15, -0.1) is 0 Å². The van der Waals surface area contributed by atoms with Crippen molar-refractivity contribution in [3.05, 3.63) is 65.2 Å². The molecule has 2 aromatic carbocycles. The summed E-state index contributed by atoms with van der Waals surface area (Å²) in [6, 6.07) is 13.5. The zero-order valence-electron chi connectivity index (χ0n) is 22.5. The number of aliphatic hydroxyl groups excluding tert-OH is 1. The maximum Gasteiger partial charge on any atom is 0.295 e. The highest BCUT2D eigenvalue weighted by atomic mass is 16.5. The highest BCUT2D eigenvalue weighted by molar-refractivity contribution is 6.46. The lowest BCUT2D eigenvalue weighted by Gasteiger charge is -2.25. The zero-order valence-corrected chi connectivity index (χ0v) is 22.5. The molecule has 0 aliphatic carbocycles. The molecule has 0 radical (unpaired) electrons. The van der Waals surface area contributed by atoms with Gasteiger partial charge >= 0.3 is 0 Å². The largest absolute Gasteiger partial charge is 0.507 e. The number of carbonyl (C=O) groups is 2. The standard InChI is InChI=1S/C31H41NO5/c1-4-5-6-7-8-9-10-11-12-13-21-32-28(24-15-14-16-26(22-24)37-3)27(30(34)31(32)35)29(33)23-17-19-25(36-2)20-18-23/h14-20,22,28,33H,4-13,21H2,1-3H3/t28-/m0/s1. The van der Waals surface area contributed by atoms with Crippen molar-refractivity contribution in [2.24, 2.45) is 0 Å². The minimum Gasteiger partial charge on any atom is -0.507 e. The number of nitrogens with zero attached hydrogens (tertiary/aromatic N) is 1. The van der Waals surface area contributed by atoms with Crippen molar-refractivity contribution >= 4 is 17.4 Å². The number of unbranched alkanes of at least 4 members (excludes halogenated alkanes) is 9. The first kappa shape index (κ1) is 28.3. The van der Waals surface area contributed by atoms with Gasteiger partial charge in [0, 0.05) is 12.1 Å². The molecule has 1 fully saturated rings. The Morgan fingerprint density at radius 1 is 0.811 bits per heavy atom. The van der Waals surface area contributed by atoms with E-state index in [1.807, 2.05) is 24.3 Å². The summed E-state index contributed by atoms with van der Waals surface area (Å²) < 4.78 is 10.6. The van der Waals surface area contributed by atoms with Crippen LogP contribution in [0.1, 0.15) is 88.3 Å². The van der Waals surface area contributed by atoms with Crippen LogP contribution >= 0.6 is 0 Å². The monoisotopic (exact) mass is 507 g/mol. The molecule has 0 aromatic heterocycles. The molecule has 0 saturated carbocycles. The molecule has 6 heteroatoms. The number of likely N-dealkylation sites (tertiary alicyclic amines) is 1. The number of ketones is 1. The Bertz CT molecular complexity index is 1060. The third kappa shape index (κ3) is 7.37. The molecule has 0 spiro atoms. The Hall–Kier alpha value is -3.28. The van der Waals surface area contributed by atoms with E-state index in [9.17, 15) is 14.7 Å². The van der Waals surface area contributed by atoms with Gasteiger partial charge in [0.2, 0.25) is 0 Å². The fourth-order valence-electron chi connectivity index (χ4n) is 4.94. The molecule has 1 aliphatic heterocycles. The lowest BCUT2D eigenvalue weighted by Crippen LogP contribution is -2.30. The molecule has 1 N–H and O–H groups in total. The number of rotatable bonds is 15. The van der Waals surface area contributed by atoms with Gasteiger partial charge in [-0.3, -0.25) is 9.59 Å². The molecular weight excluding hydrogens is 466 g/mol. The van der Waals surface area contributed by atoms with Crippen molar-refractivity contribution in [2.75, 3.05) is 20.8 Å². The third-order valence-corrected chi connectivity index (χ3v) is 7.07. The first-order chi connectivity index (χ1) is 18.0. The highest BCUT2D eigenvalue weighted by Gasteiger charge is 2.45. The summed E-state index contributed by atoms with van der Waals surface area (Å²) in [5.74, 6) is -0.139. The molecule has 0 bridgehead atoms. The number of amides is 1. The van der Waals surface area contributed by atoms with Crippen LogP contribution in [0.3, 0.4) is 0 Å². The van der Waals surface area contributed by atoms with Crippen molar-refractivity contribution in [1.82, 2.24) is 4.90 Å². The van der Waals surface area contributed by atoms with Crippen LogP contribution in [-0.4, -0.2) is 42.5 Å². The second-order valence-corrected chi connectivity index (χ2v) is 9.68. The summed E-state index contributed by atoms with van der Waals surface area (Å²) in [5.41, 5.74) is 1.31. The summed E-state index contributed by atoms with van der Waals surface area (Å²) in [7, 11) is 3.15. The summed E-state index contributed by atoms with van der Waals surface area (Å²) in [5, 5.41) is 11.2. The molecule has 6 nitrogen and oxygen atoms in total. The second kappa shape index (κ2) is 14.5. The van der Waals surface area contributed by atoms with E-state index in [1.54, 1.807) is 43.4 Å². The number of benzene rings is 2. The average molecular weight is 508 g/mol. The summed E-state index contributed by atoms with van der Waals surface area (Å²) >= 11 is 0. The van der Waals surface area contributed by atoms with Gasteiger partial charge in [0.15, 0.2) is 0 Å². The summed E-state index contributed by atoms with van der Waals surface area (Å²) in [6.45, 7) is 2.69. The molecule has 1 heterocycles. The smallest absolute Gasteiger partial charge is 0.295 e. The van der Waals surface area contributed by atoms with Crippen LogP contribution in [0.5, 0.6) is 11.5 Å². The highest BCUT2D eigenvalue weighted by Crippen LogP contribution is 2.40. The molecule has 37 heavy (non-hydrogen) atoms. The Morgan fingerprint density at radius 3 is 2.00 bits per heavy atom. The van der Waals surface area contributed by atoms with Gasteiger partial charge in [0.25, 0.3) is 11.7 Å². The minimum absolute atomic E-state index is 0.107. The van der Waals surface area contributed by atoms with Crippen molar-refractivity contribution in [3.63, 3.8) is 0 Å². The number of methoxy groups -OCH3 is 2. The van der Waals surface area contributed by atoms with Crippen LogP contribution in [0.4, 0.5) is 0 Å². The number of hydrogen-bond donors (Lipinski definition) is 1. The van der Waals surface area contributed by atoms with Gasteiger partial charge in [-0.05, 0) is 48.4 Å². The first-order valence-corrected chi connectivity index (χ1v) is 13.6. The predicted octanol–water partition coefficient (Wildman–Crippen LogP) is 7.05. The van der Waals surface area contributed by atoms with E-state index >= 15 is 0 Å². The Morgan fingerprint density at radius 2 is 1.41 bits per heavy atom. The zero-order chi connectivity index (χ0) is 26.6. The molecule has 3 rings (SSSR count). The van der Waals surface area contributed by atoms with Gasteiger partial charge in [0.05, 0.1) is 25.8 Å².